The number of fused-ring (bicyclic) bond motifs is 1. The average molecular weight is 393 g/mol. The zero-order valence-corrected chi connectivity index (χ0v) is 16.3. The van der Waals surface area contributed by atoms with E-state index in [2.05, 4.69) is 5.32 Å². The van der Waals surface area contributed by atoms with Crippen molar-refractivity contribution in [2.24, 2.45) is 0 Å². The quantitative estimate of drug-likeness (QED) is 0.722. The van der Waals surface area contributed by atoms with Gasteiger partial charge in [-0.1, -0.05) is 30.3 Å². The van der Waals surface area contributed by atoms with Crippen LogP contribution in [-0.2, 0) is 4.79 Å². The molecular formula is C22H23N3O4. The number of furan rings is 1. The molecule has 0 bridgehead atoms. The molecule has 3 aromatic rings. The van der Waals surface area contributed by atoms with E-state index in [1.54, 1.807) is 30.2 Å². The molecule has 0 radical (unpaired) electrons. The summed E-state index contributed by atoms with van der Waals surface area (Å²) in [6.45, 7) is 2.64. The van der Waals surface area contributed by atoms with Crippen LogP contribution >= 0.6 is 0 Å². The summed E-state index contributed by atoms with van der Waals surface area (Å²) < 4.78 is 10.9. The van der Waals surface area contributed by atoms with E-state index in [4.69, 9.17) is 9.15 Å². The van der Waals surface area contributed by atoms with Crippen LogP contribution in [0.4, 0.5) is 5.69 Å². The van der Waals surface area contributed by atoms with Gasteiger partial charge in [-0.05, 0) is 24.3 Å². The van der Waals surface area contributed by atoms with Gasteiger partial charge in [0.15, 0.2) is 5.76 Å². The number of hydrogen-bond donors (Lipinski definition) is 1. The van der Waals surface area contributed by atoms with Crippen LogP contribution in [0.15, 0.2) is 59.0 Å². The summed E-state index contributed by atoms with van der Waals surface area (Å²) >= 11 is 0. The number of hydrogen-bond acceptors (Lipinski definition) is 5. The third kappa shape index (κ3) is 4.25. The van der Waals surface area contributed by atoms with Gasteiger partial charge >= 0.3 is 0 Å². The minimum atomic E-state index is -0.112. The number of nitrogens with one attached hydrogen (secondary N) is 1. The van der Waals surface area contributed by atoms with Gasteiger partial charge in [-0.2, -0.15) is 0 Å². The lowest BCUT2D eigenvalue weighted by Gasteiger charge is -2.33. The number of benzene rings is 2. The fourth-order valence-electron chi connectivity index (χ4n) is 3.49. The second kappa shape index (κ2) is 8.36. The number of methoxy groups -OCH3 is 1. The highest BCUT2D eigenvalue weighted by atomic mass is 16.5. The molecule has 0 spiro atoms. The van der Waals surface area contributed by atoms with E-state index in [1.807, 2.05) is 41.3 Å². The van der Waals surface area contributed by atoms with Crippen molar-refractivity contribution in [1.29, 1.82) is 0 Å². The lowest BCUT2D eigenvalue weighted by molar-refractivity contribution is -0.117. The molecule has 7 nitrogen and oxygen atoms in total. The first-order chi connectivity index (χ1) is 14.1. The van der Waals surface area contributed by atoms with Gasteiger partial charge in [0.05, 0.1) is 19.3 Å². The molecule has 4 rings (SSSR count). The SMILES string of the molecule is COc1ccccc1NC(=O)CN1CCN(C(=O)c2cc3ccccc3o2)CC1. The van der Waals surface area contributed by atoms with Gasteiger partial charge in [0.25, 0.3) is 5.91 Å². The van der Waals surface area contributed by atoms with E-state index >= 15 is 0 Å². The van der Waals surface area contributed by atoms with Crippen LogP contribution in [-0.4, -0.2) is 61.4 Å². The van der Waals surface area contributed by atoms with Crippen LogP contribution in [0.2, 0.25) is 0 Å². The van der Waals surface area contributed by atoms with Gasteiger partial charge in [0, 0.05) is 31.6 Å². The molecule has 0 aliphatic carbocycles. The van der Waals surface area contributed by atoms with Crippen LogP contribution < -0.4 is 10.1 Å². The van der Waals surface area contributed by atoms with E-state index < -0.39 is 0 Å². The number of anilines is 1. The minimum absolute atomic E-state index is 0.105. The first kappa shape index (κ1) is 19.0. The lowest BCUT2D eigenvalue weighted by atomic mass is 10.2. The van der Waals surface area contributed by atoms with Crippen molar-refractivity contribution >= 4 is 28.5 Å². The van der Waals surface area contributed by atoms with E-state index in [9.17, 15) is 9.59 Å². The number of ether oxygens (including phenoxy) is 1. The Hall–Kier alpha value is -3.32. The zero-order chi connectivity index (χ0) is 20.2. The number of rotatable bonds is 5. The number of carbonyl (C=O) groups excluding carboxylic acids is 2. The number of nitrogens with zero attached hydrogens (tertiary/aromatic N) is 2. The van der Waals surface area contributed by atoms with Crippen LogP contribution in [0.3, 0.4) is 0 Å². The van der Waals surface area contributed by atoms with Gasteiger partial charge in [-0.3, -0.25) is 14.5 Å². The Morgan fingerprint density at radius 1 is 1.03 bits per heavy atom. The maximum Gasteiger partial charge on any atom is 0.289 e. The molecule has 0 atom stereocenters. The van der Waals surface area contributed by atoms with Gasteiger partial charge in [-0.25, -0.2) is 0 Å². The van der Waals surface area contributed by atoms with Crippen LogP contribution in [0.5, 0.6) is 5.75 Å². The molecule has 2 aromatic carbocycles. The molecule has 1 fully saturated rings. The maximum absolute atomic E-state index is 12.7. The van der Waals surface area contributed by atoms with Gasteiger partial charge in [0.1, 0.15) is 11.3 Å². The Morgan fingerprint density at radius 3 is 2.52 bits per heavy atom. The summed E-state index contributed by atoms with van der Waals surface area (Å²) in [5, 5.41) is 3.80. The number of amides is 2. The summed E-state index contributed by atoms with van der Waals surface area (Å²) in [6, 6.07) is 16.7. The number of piperazine rings is 1. The highest BCUT2D eigenvalue weighted by molar-refractivity contribution is 5.96. The third-order valence-electron chi connectivity index (χ3n) is 5.04. The molecule has 1 aliphatic heterocycles. The smallest absolute Gasteiger partial charge is 0.289 e. The van der Waals surface area contributed by atoms with Gasteiger partial charge in [-0.15, -0.1) is 0 Å². The first-order valence-electron chi connectivity index (χ1n) is 9.57. The molecule has 1 aromatic heterocycles. The molecule has 1 saturated heterocycles. The minimum Gasteiger partial charge on any atom is -0.495 e. The molecule has 2 amide bonds. The number of para-hydroxylation sites is 3. The Morgan fingerprint density at radius 2 is 1.76 bits per heavy atom. The van der Waals surface area contributed by atoms with E-state index in [-0.39, 0.29) is 18.4 Å². The molecule has 7 heteroatoms. The molecule has 2 heterocycles. The second-order valence-corrected chi connectivity index (χ2v) is 6.97. The second-order valence-electron chi connectivity index (χ2n) is 6.97. The van der Waals surface area contributed by atoms with Crippen molar-refractivity contribution in [2.45, 2.75) is 0 Å². The molecule has 29 heavy (non-hydrogen) atoms. The summed E-state index contributed by atoms with van der Waals surface area (Å²) in [7, 11) is 1.57. The Kier molecular flexibility index (Phi) is 5.48. The lowest BCUT2D eigenvalue weighted by Crippen LogP contribution is -2.50. The van der Waals surface area contributed by atoms with Crippen molar-refractivity contribution in [1.82, 2.24) is 9.80 Å². The predicted molar refractivity (Wildman–Crippen MR) is 110 cm³/mol. The molecule has 150 valence electrons. The summed E-state index contributed by atoms with van der Waals surface area (Å²) in [5.41, 5.74) is 1.36. The van der Waals surface area contributed by atoms with Crippen LogP contribution in [0, 0.1) is 0 Å². The Labute approximate surface area is 168 Å². The monoisotopic (exact) mass is 393 g/mol. The molecule has 0 unspecified atom stereocenters. The average Bonchev–Trinajstić information content (AvgIpc) is 3.18. The van der Waals surface area contributed by atoms with Crippen LogP contribution in [0.25, 0.3) is 11.0 Å². The summed E-state index contributed by atoms with van der Waals surface area (Å²) in [4.78, 5) is 28.9. The standard InChI is InChI=1S/C22H23N3O4/c1-28-19-9-5-3-7-17(19)23-21(26)15-24-10-12-25(13-11-24)22(27)20-14-16-6-2-4-8-18(16)29-20/h2-9,14H,10-13,15H2,1H3,(H,23,26). The molecule has 0 saturated carbocycles. The van der Waals surface area contributed by atoms with Crippen molar-refractivity contribution in [3.05, 3.63) is 60.4 Å². The number of carbonyl (C=O) groups is 2. The molecule has 1 N–H and O–H groups in total. The topological polar surface area (TPSA) is 75.0 Å². The fraction of sp³-hybridized carbons (Fsp3) is 0.273. The van der Waals surface area contributed by atoms with E-state index in [1.165, 1.54) is 0 Å². The fourth-order valence-corrected chi connectivity index (χ4v) is 3.49. The molecular weight excluding hydrogens is 370 g/mol. The first-order valence-corrected chi connectivity index (χ1v) is 9.57. The van der Waals surface area contributed by atoms with Crippen molar-refractivity contribution in [2.75, 3.05) is 45.2 Å². The van der Waals surface area contributed by atoms with Crippen LogP contribution in [0.1, 0.15) is 10.6 Å². The Balaban J connectivity index is 1.31. The third-order valence-corrected chi connectivity index (χ3v) is 5.04. The normalized spacial score (nSPS) is 14.7. The van der Waals surface area contributed by atoms with Crippen molar-refractivity contribution in [3.63, 3.8) is 0 Å². The van der Waals surface area contributed by atoms with Gasteiger partial charge in [0.2, 0.25) is 5.91 Å². The molecule has 1 aliphatic rings. The predicted octanol–water partition coefficient (Wildman–Crippen LogP) is 2.84. The summed E-state index contributed by atoms with van der Waals surface area (Å²) in [6.07, 6.45) is 0. The van der Waals surface area contributed by atoms with Crippen molar-refractivity contribution < 1.29 is 18.7 Å². The Bertz CT molecular complexity index is 989. The highest BCUT2D eigenvalue weighted by Gasteiger charge is 2.25. The highest BCUT2D eigenvalue weighted by Crippen LogP contribution is 2.23. The van der Waals surface area contributed by atoms with E-state index in [0.717, 1.165) is 5.39 Å². The maximum atomic E-state index is 12.7. The largest absolute Gasteiger partial charge is 0.495 e. The summed E-state index contributed by atoms with van der Waals surface area (Å²) in [5.74, 6) is 0.765. The zero-order valence-electron chi connectivity index (χ0n) is 16.3. The van der Waals surface area contributed by atoms with E-state index in [0.29, 0.717) is 49.0 Å². The van der Waals surface area contributed by atoms with Gasteiger partial charge < -0.3 is 19.4 Å². The van der Waals surface area contributed by atoms with Crippen molar-refractivity contribution in [3.8, 4) is 5.75 Å².